The van der Waals surface area contributed by atoms with Crippen molar-refractivity contribution in [3.8, 4) is 68.6 Å². The van der Waals surface area contributed by atoms with Gasteiger partial charge in [0.05, 0.1) is 42.0 Å². The highest BCUT2D eigenvalue weighted by Crippen LogP contribution is 2.50. The van der Waals surface area contributed by atoms with Gasteiger partial charge in [-0.25, -0.2) is 9.59 Å². The van der Waals surface area contributed by atoms with Gasteiger partial charge in [0.25, 0.3) is 0 Å². The number of carbonyl (C=O) groups excluding carboxylic acids is 8. The normalized spacial score (nSPS) is 26.3. The maximum absolute atomic E-state index is 16.4. The first-order chi connectivity index (χ1) is 58.0. The van der Waals surface area contributed by atoms with Crippen molar-refractivity contribution in [3.63, 3.8) is 0 Å². The Kier molecular flexibility index (Phi) is 29.8. The number of primary amides is 1. The van der Waals surface area contributed by atoms with Crippen LogP contribution in [0, 0.1) is 12.8 Å². The number of aliphatic hydroxyl groups excluding tert-OH is 6. The molecule has 8 amide bonds. The number of aromatic hydroxyl groups is 2. The van der Waals surface area contributed by atoms with Gasteiger partial charge in [-0.15, -0.1) is 0 Å². The number of fused-ring (bicyclic) bond motifs is 15. The molecule has 0 spiro atoms. The fourth-order valence-corrected chi connectivity index (χ4v) is 14.9. The zero-order chi connectivity index (χ0) is 88.5. The maximum atomic E-state index is 16.4. The number of carbonyl (C=O) groups is 9. The lowest BCUT2D eigenvalue weighted by atomic mass is 9.86. The molecule has 0 aliphatic carbocycles. The molecule has 0 radical (unpaired) electrons. The number of aliphatic hydroxyl groups is 6. The fraction of sp³-hybridized carbons (Fsp3) is 0.451. The van der Waals surface area contributed by atoms with E-state index in [-0.39, 0.29) is 71.6 Å². The number of rotatable bonds is 25. The van der Waals surface area contributed by atoms with Crippen LogP contribution in [0.3, 0.4) is 0 Å². The number of carboxylic acids is 1. The van der Waals surface area contributed by atoms with E-state index in [4.69, 9.17) is 65.7 Å². The van der Waals surface area contributed by atoms with Gasteiger partial charge in [0.1, 0.15) is 114 Å². The lowest BCUT2D eigenvalue weighted by Crippen LogP contribution is -2.64. The van der Waals surface area contributed by atoms with Crippen LogP contribution in [0.4, 0.5) is 10.5 Å². The Morgan fingerprint density at radius 2 is 1.31 bits per heavy atom. The number of hydrogen-bond acceptors (Lipinski definition) is 30. The summed E-state index contributed by atoms with van der Waals surface area (Å²) in [7, 11) is 1.49. The number of nitrogens with one attached hydrogen (secondary N) is 10. The molecule has 0 saturated carbocycles. The fourth-order valence-electron chi connectivity index (χ4n) is 14.6. The molecule has 39 nitrogen and oxygen atoms in total. The minimum Gasteiger partial charge on any atom is -0.507 e. The van der Waals surface area contributed by atoms with E-state index in [1.165, 1.54) is 58.2 Å². The number of hydrogen-bond donors (Lipinski definition) is 21. The molecule has 23 N–H and O–H groups in total. The van der Waals surface area contributed by atoms with Gasteiger partial charge < -0.3 is 148 Å². The average Bonchev–Trinajstić information content (AvgIpc) is 0.761. The van der Waals surface area contributed by atoms with Crippen LogP contribution in [-0.4, -0.2) is 231 Å². The zero-order valence-electron chi connectivity index (χ0n) is 67.6. The smallest absolute Gasteiger partial charge is 0.417 e. The number of phenolic OH excluding ortho intramolecular Hbond substituents is 2. The summed E-state index contributed by atoms with van der Waals surface area (Å²) in [5.74, 6) is -15.2. The molecular weight excluding hydrogens is 1620 g/mol. The standard InChI is InChI=1S/C82H101ClN12O27/c1-9-87-17-19-114-43-27-42(28-44(29-43)115-20-18-88-10-2)89-81(113)117-45-30-47-60(52(98)31-45)46-23-38(11-14-51(46)97)61-75(107)95-65(78(110)93-63(47)79(111)112)67(101)40-13-16-54(48(83)24-40)119-56-26-41-25-55(70(56)122-80-71(69(103)68(102)57(34-96)120-80)121-59-33-82(7,85)72(104)37(6)116-59)118-53-15-12-39(22-36(53)5)66(100)64(94-73(105)49(86-8)21-35(3)4)77(109)90-50(32-58(84)99)74(106)91-62(41)76(108)92-61/h11-16,22-31,35,37,49-50,57,59,61-69,71-72,80,86-88,96-98,100-104H,9-10,17-21,32-34,85H2,1-8H3,(H2,84,99)(H,89,113)(H,90,109)(H,91,106)(H,92,108)(H,93,110)(H,94,105)(H,95,107)(H,111,112)/t37-,49+,50-,57+,59-,61+,62+,63-,64+,65-,66+,67+,68+,69-,71+,72+,80-,82-/m0/s1. The van der Waals surface area contributed by atoms with Crippen molar-refractivity contribution >= 4 is 70.7 Å². The van der Waals surface area contributed by atoms with E-state index < -0.39 is 249 Å². The molecule has 13 rings (SSSR count). The predicted octanol–water partition coefficient (Wildman–Crippen LogP) is 1.64. The number of anilines is 1. The van der Waals surface area contributed by atoms with Crippen LogP contribution in [0.5, 0.6) is 57.5 Å². The minimum absolute atomic E-state index is 0.0453. The van der Waals surface area contributed by atoms with Crippen molar-refractivity contribution < 1.29 is 132 Å². The Balaban J connectivity index is 1.10. The quantitative estimate of drug-likeness (QED) is 0.0362. The second-order valence-electron chi connectivity index (χ2n) is 30.6. The van der Waals surface area contributed by atoms with E-state index in [0.29, 0.717) is 26.2 Å². The highest BCUT2D eigenvalue weighted by molar-refractivity contribution is 6.32. The van der Waals surface area contributed by atoms with E-state index in [1.54, 1.807) is 6.07 Å². The first-order valence-electron chi connectivity index (χ1n) is 39.4. The molecule has 7 heterocycles. The molecule has 2 saturated heterocycles. The number of likely N-dealkylation sites (N-methyl/N-ethyl adjacent to an activating group) is 3. The number of halogens is 1. The molecule has 122 heavy (non-hydrogen) atoms. The molecule has 0 aromatic heterocycles. The van der Waals surface area contributed by atoms with Gasteiger partial charge in [0.2, 0.25) is 53.4 Å². The van der Waals surface area contributed by atoms with Gasteiger partial charge in [-0.1, -0.05) is 57.5 Å². The molecule has 7 aliphatic rings. The second kappa shape index (κ2) is 39.7. The van der Waals surface area contributed by atoms with E-state index in [0.717, 1.165) is 60.7 Å². The number of carboxylic acid groups (broad SMARTS) is 1. The summed E-state index contributed by atoms with van der Waals surface area (Å²) in [6.45, 7) is 13.7. The van der Waals surface area contributed by atoms with Gasteiger partial charge in [-0.05, 0) is 136 Å². The van der Waals surface area contributed by atoms with Gasteiger partial charge in [-0.3, -0.25) is 38.9 Å². The van der Waals surface area contributed by atoms with Crippen LogP contribution in [0.15, 0.2) is 97.1 Å². The predicted molar refractivity (Wildman–Crippen MR) is 432 cm³/mol. The largest absolute Gasteiger partial charge is 0.507 e. The molecule has 18 atom stereocenters. The summed E-state index contributed by atoms with van der Waals surface area (Å²) >= 11 is 7.18. The number of ether oxygens (including phenoxy) is 9. The Bertz CT molecular complexity index is 4860. The monoisotopic (exact) mass is 1720 g/mol. The molecule has 658 valence electrons. The highest BCUT2D eigenvalue weighted by atomic mass is 35.5. The molecule has 0 unspecified atom stereocenters. The first-order valence-corrected chi connectivity index (χ1v) is 39.7. The van der Waals surface area contributed by atoms with Gasteiger partial charge >= 0.3 is 12.1 Å². The molecule has 2 fully saturated rings. The summed E-state index contributed by atoms with van der Waals surface area (Å²) < 4.78 is 56.5. The number of phenols is 2. The van der Waals surface area contributed by atoms with Crippen molar-refractivity contribution in [2.24, 2.45) is 17.4 Å². The molecule has 6 aromatic rings. The summed E-state index contributed by atoms with van der Waals surface area (Å²) in [6.07, 6.45) is -19.8. The van der Waals surface area contributed by atoms with Gasteiger partial charge in [0, 0.05) is 66.0 Å². The Morgan fingerprint density at radius 1 is 0.689 bits per heavy atom. The van der Waals surface area contributed by atoms with Gasteiger partial charge in [-0.2, -0.15) is 0 Å². The lowest BCUT2D eigenvalue weighted by Gasteiger charge is -2.47. The second-order valence-corrected chi connectivity index (χ2v) is 31.0. The summed E-state index contributed by atoms with van der Waals surface area (Å²) in [5, 5.41) is 132. The molecular formula is C82H101ClN12O27. The number of aliphatic carboxylic acids is 1. The third-order valence-corrected chi connectivity index (χ3v) is 21.2. The van der Waals surface area contributed by atoms with Crippen LogP contribution in [0.25, 0.3) is 11.1 Å². The highest BCUT2D eigenvalue weighted by Gasteiger charge is 2.52. The molecule has 7 aliphatic heterocycles. The zero-order valence-corrected chi connectivity index (χ0v) is 68.4. The van der Waals surface area contributed by atoms with Crippen molar-refractivity contribution in [2.75, 3.05) is 58.4 Å². The van der Waals surface area contributed by atoms with E-state index in [1.807, 2.05) is 27.7 Å². The Labute approximate surface area is 704 Å². The van der Waals surface area contributed by atoms with E-state index in [9.17, 15) is 65.1 Å². The first kappa shape index (κ1) is 91.5. The molecule has 11 bridgehead atoms. The van der Waals surface area contributed by atoms with E-state index >= 15 is 24.0 Å². The SMILES string of the molecule is CCNCCOc1cc(NC(=O)Oc2cc(O)c3c(c2)[C@@H](C(=O)O)NC(=O)[C@H]2NC(=O)[C@H](NC(=O)[C@@H]4NC(=O)[C@H](CC(N)=O)NC(=O)[C@H](NC(=O)[C@@H](CC(C)C)NC)[C@H](O)c5ccc(c(C)c5)Oc5cc4cc(c5O[C@@H]4O[C@H](CO)[C@@H](O)[C@H](O)[C@H]4O[C@H]4C[C@](C)(N)[C@H](O)[C@H](C)O4)Oc4ccc(cc4Cl)[C@H]2O)c2ccc(O)c-3c2)cc(OCCNCC)c1. The van der Waals surface area contributed by atoms with Gasteiger partial charge in [0.15, 0.2) is 29.9 Å². The number of benzene rings is 6. The topological polar surface area (TPSA) is 591 Å². The van der Waals surface area contributed by atoms with E-state index in [2.05, 4.69) is 53.2 Å². The van der Waals surface area contributed by atoms with Crippen LogP contribution in [0.2, 0.25) is 5.02 Å². The lowest BCUT2D eigenvalue weighted by molar-refractivity contribution is -0.333. The number of aryl methyl sites for hydroxylation is 1. The number of nitrogens with two attached hydrogens (primary N) is 2. The van der Waals surface area contributed by atoms with Crippen LogP contribution in [0.1, 0.15) is 125 Å². The average molecular weight is 1720 g/mol. The maximum Gasteiger partial charge on any atom is 0.417 e. The Morgan fingerprint density at radius 3 is 1.92 bits per heavy atom. The molecule has 40 heteroatoms. The number of amides is 8. The van der Waals surface area contributed by atoms with Crippen molar-refractivity contribution in [1.82, 2.24) is 47.9 Å². The third-order valence-electron chi connectivity index (χ3n) is 20.9. The summed E-state index contributed by atoms with van der Waals surface area (Å²) in [6, 6.07) is 4.28. The van der Waals surface area contributed by atoms with Crippen LogP contribution >= 0.6 is 11.6 Å². The van der Waals surface area contributed by atoms with Crippen LogP contribution < -0.4 is 93.1 Å². The van der Waals surface area contributed by atoms with Crippen molar-refractivity contribution in [2.45, 2.75) is 177 Å². The minimum atomic E-state index is -2.38. The van der Waals surface area contributed by atoms with Crippen molar-refractivity contribution in [3.05, 3.63) is 135 Å². The Hall–Kier alpha value is -11.3. The van der Waals surface area contributed by atoms with Crippen molar-refractivity contribution in [1.29, 1.82) is 0 Å². The third kappa shape index (κ3) is 21.4. The molecule has 6 aromatic carbocycles. The van der Waals surface area contributed by atoms with Crippen LogP contribution in [-0.2, 0) is 52.6 Å². The summed E-state index contributed by atoms with van der Waals surface area (Å²) in [5.41, 5.74) is 8.25. The summed E-state index contributed by atoms with van der Waals surface area (Å²) in [4.78, 5) is 134.